The Balaban J connectivity index is 1.64. The fourth-order valence-corrected chi connectivity index (χ4v) is 3.65. The second-order valence-electron chi connectivity index (χ2n) is 7.29. The smallest absolute Gasteiger partial charge is 0.284 e. The number of ether oxygens (including phenoxy) is 1. The number of piperazine rings is 1. The van der Waals surface area contributed by atoms with E-state index in [1.54, 1.807) is 28.1 Å². The van der Waals surface area contributed by atoms with Crippen LogP contribution >= 0.6 is 0 Å². The molecule has 2 amide bonds. The molecule has 9 nitrogen and oxygen atoms in total. The zero-order valence-electron chi connectivity index (χ0n) is 17.2. The summed E-state index contributed by atoms with van der Waals surface area (Å²) in [5.74, 6) is -0.550. The molecular weight excluding hydrogens is 398 g/mol. The summed E-state index contributed by atoms with van der Waals surface area (Å²) >= 11 is 0. The first kappa shape index (κ1) is 20.7. The number of pyridine rings is 1. The molecule has 1 aliphatic heterocycles. The zero-order chi connectivity index (χ0) is 21.8. The highest BCUT2D eigenvalue weighted by molar-refractivity contribution is 5.93. The van der Waals surface area contributed by atoms with Gasteiger partial charge in [0.05, 0.1) is 6.54 Å². The number of aromatic nitrogens is 3. The third-order valence-corrected chi connectivity index (χ3v) is 5.28. The standard InChI is InChI=1S/C22H23N5O4/c1-31-15-18(28)25-10-12-26(13-11-25)21(29)19-22(30)27(14-16-6-3-2-4-7-16)20-17(24-19)8-5-9-23-20/h2-9H,10-15H2,1H3. The van der Waals surface area contributed by atoms with Crippen LogP contribution in [0.1, 0.15) is 16.1 Å². The lowest BCUT2D eigenvalue weighted by molar-refractivity contribution is -0.136. The number of nitrogens with zero attached hydrogens (tertiary/aromatic N) is 5. The molecule has 0 N–H and O–H groups in total. The molecule has 4 rings (SSSR count). The average molecular weight is 421 g/mol. The van der Waals surface area contributed by atoms with E-state index in [0.29, 0.717) is 37.3 Å². The molecular formula is C22H23N5O4. The van der Waals surface area contributed by atoms with Crippen LogP contribution in [0.3, 0.4) is 0 Å². The molecule has 0 aliphatic carbocycles. The van der Waals surface area contributed by atoms with E-state index in [9.17, 15) is 14.4 Å². The summed E-state index contributed by atoms with van der Waals surface area (Å²) < 4.78 is 6.38. The fourth-order valence-electron chi connectivity index (χ4n) is 3.65. The number of carbonyl (C=O) groups excluding carboxylic acids is 2. The molecule has 0 unspecified atom stereocenters. The van der Waals surface area contributed by atoms with Gasteiger partial charge >= 0.3 is 0 Å². The van der Waals surface area contributed by atoms with Crippen LogP contribution < -0.4 is 5.56 Å². The first-order chi connectivity index (χ1) is 15.1. The van der Waals surface area contributed by atoms with Crippen molar-refractivity contribution in [1.29, 1.82) is 0 Å². The fraction of sp³-hybridized carbons (Fsp3) is 0.318. The maximum atomic E-state index is 13.3. The maximum absolute atomic E-state index is 13.3. The van der Waals surface area contributed by atoms with Gasteiger partial charge in [-0.1, -0.05) is 30.3 Å². The number of fused-ring (bicyclic) bond motifs is 1. The van der Waals surface area contributed by atoms with Gasteiger partial charge in [-0.2, -0.15) is 0 Å². The number of hydrogen-bond donors (Lipinski definition) is 0. The Kier molecular flexibility index (Phi) is 6.03. The Labute approximate surface area is 178 Å². The predicted molar refractivity (Wildman–Crippen MR) is 114 cm³/mol. The lowest BCUT2D eigenvalue weighted by Crippen LogP contribution is -2.52. The largest absolute Gasteiger partial charge is 0.375 e. The van der Waals surface area contributed by atoms with E-state index >= 15 is 0 Å². The van der Waals surface area contributed by atoms with Crippen LogP contribution in [0.5, 0.6) is 0 Å². The van der Waals surface area contributed by atoms with Crippen molar-refractivity contribution in [3.8, 4) is 0 Å². The van der Waals surface area contributed by atoms with Crippen LogP contribution in [0.25, 0.3) is 11.2 Å². The maximum Gasteiger partial charge on any atom is 0.284 e. The lowest BCUT2D eigenvalue weighted by atomic mass is 10.2. The normalized spacial score (nSPS) is 14.1. The van der Waals surface area contributed by atoms with Crippen LogP contribution in [-0.2, 0) is 16.1 Å². The Hall–Kier alpha value is -3.59. The van der Waals surface area contributed by atoms with Gasteiger partial charge in [0.1, 0.15) is 12.1 Å². The topological polar surface area (TPSA) is 97.6 Å². The quantitative estimate of drug-likeness (QED) is 0.604. The predicted octanol–water partition coefficient (Wildman–Crippen LogP) is 0.771. The molecule has 1 aliphatic rings. The molecule has 0 atom stereocenters. The van der Waals surface area contributed by atoms with E-state index in [4.69, 9.17) is 4.74 Å². The van der Waals surface area contributed by atoms with Gasteiger partial charge in [-0.05, 0) is 17.7 Å². The van der Waals surface area contributed by atoms with E-state index in [2.05, 4.69) is 9.97 Å². The van der Waals surface area contributed by atoms with E-state index in [0.717, 1.165) is 5.56 Å². The minimum Gasteiger partial charge on any atom is -0.375 e. The van der Waals surface area contributed by atoms with E-state index in [1.807, 2.05) is 30.3 Å². The number of benzene rings is 1. The summed E-state index contributed by atoms with van der Waals surface area (Å²) in [7, 11) is 1.47. The molecule has 3 aromatic rings. The molecule has 0 bridgehead atoms. The molecule has 2 aromatic heterocycles. The van der Waals surface area contributed by atoms with Crippen LogP contribution in [0, 0.1) is 0 Å². The summed E-state index contributed by atoms with van der Waals surface area (Å²) in [6, 6.07) is 13.0. The lowest BCUT2D eigenvalue weighted by Gasteiger charge is -2.34. The van der Waals surface area contributed by atoms with Gasteiger partial charge in [0.2, 0.25) is 5.91 Å². The van der Waals surface area contributed by atoms with Crippen molar-refractivity contribution in [1.82, 2.24) is 24.3 Å². The first-order valence-corrected chi connectivity index (χ1v) is 10.0. The molecule has 3 heterocycles. The number of methoxy groups -OCH3 is 1. The second kappa shape index (κ2) is 9.05. The number of amides is 2. The summed E-state index contributed by atoms with van der Waals surface area (Å²) in [4.78, 5) is 50.3. The highest BCUT2D eigenvalue weighted by Crippen LogP contribution is 2.12. The molecule has 0 spiro atoms. The highest BCUT2D eigenvalue weighted by Gasteiger charge is 2.28. The molecule has 9 heteroatoms. The van der Waals surface area contributed by atoms with E-state index in [-0.39, 0.29) is 24.8 Å². The Morgan fingerprint density at radius 3 is 2.42 bits per heavy atom. The van der Waals surface area contributed by atoms with Crippen LogP contribution in [0.4, 0.5) is 0 Å². The number of hydrogen-bond acceptors (Lipinski definition) is 6. The van der Waals surface area contributed by atoms with Crippen LogP contribution in [0.2, 0.25) is 0 Å². The monoisotopic (exact) mass is 421 g/mol. The summed E-state index contributed by atoms with van der Waals surface area (Å²) in [6.45, 7) is 1.74. The molecule has 0 saturated carbocycles. The van der Waals surface area contributed by atoms with Crippen LogP contribution in [-0.4, -0.2) is 76.0 Å². The molecule has 160 valence electrons. The summed E-state index contributed by atoms with van der Waals surface area (Å²) in [5, 5.41) is 0. The van der Waals surface area contributed by atoms with Gasteiger partial charge in [0.25, 0.3) is 11.5 Å². The van der Waals surface area contributed by atoms with Gasteiger partial charge in [0.15, 0.2) is 11.3 Å². The minimum atomic E-state index is -0.474. The van der Waals surface area contributed by atoms with Gasteiger partial charge in [-0.3, -0.25) is 19.0 Å². The van der Waals surface area contributed by atoms with Crippen LogP contribution in [0.15, 0.2) is 53.5 Å². The third kappa shape index (κ3) is 4.31. The number of rotatable bonds is 5. The minimum absolute atomic E-state index is 0.0113. The van der Waals surface area contributed by atoms with Crippen molar-refractivity contribution in [2.45, 2.75) is 6.54 Å². The molecule has 1 fully saturated rings. The highest BCUT2D eigenvalue weighted by atomic mass is 16.5. The average Bonchev–Trinajstić information content (AvgIpc) is 2.81. The first-order valence-electron chi connectivity index (χ1n) is 10.0. The zero-order valence-corrected chi connectivity index (χ0v) is 17.2. The van der Waals surface area contributed by atoms with Crippen molar-refractivity contribution >= 4 is 23.0 Å². The van der Waals surface area contributed by atoms with E-state index < -0.39 is 11.5 Å². The second-order valence-corrected chi connectivity index (χ2v) is 7.29. The van der Waals surface area contributed by atoms with E-state index in [1.165, 1.54) is 11.7 Å². The van der Waals surface area contributed by atoms with Gasteiger partial charge in [0, 0.05) is 39.5 Å². The van der Waals surface area contributed by atoms with Gasteiger partial charge in [-0.15, -0.1) is 0 Å². The van der Waals surface area contributed by atoms with Crippen molar-refractivity contribution < 1.29 is 14.3 Å². The number of carbonyl (C=O) groups is 2. The van der Waals surface area contributed by atoms with Crippen molar-refractivity contribution in [3.63, 3.8) is 0 Å². The third-order valence-electron chi connectivity index (χ3n) is 5.28. The molecule has 1 aromatic carbocycles. The summed E-state index contributed by atoms with van der Waals surface area (Å²) in [5.41, 5.74) is 1.23. The van der Waals surface area contributed by atoms with Crippen molar-refractivity contribution in [2.75, 3.05) is 39.9 Å². The molecule has 1 saturated heterocycles. The Morgan fingerprint density at radius 2 is 1.71 bits per heavy atom. The SMILES string of the molecule is COCC(=O)N1CCN(C(=O)c2nc3cccnc3n(Cc3ccccc3)c2=O)CC1. The Morgan fingerprint density at radius 1 is 1.00 bits per heavy atom. The molecule has 31 heavy (non-hydrogen) atoms. The molecule has 0 radical (unpaired) electrons. The van der Waals surface area contributed by atoms with Crippen molar-refractivity contribution in [3.05, 3.63) is 70.3 Å². The summed E-state index contributed by atoms with van der Waals surface area (Å²) in [6.07, 6.45) is 1.60. The van der Waals surface area contributed by atoms with Gasteiger partial charge < -0.3 is 14.5 Å². The van der Waals surface area contributed by atoms with Crippen molar-refractivity contribution in [2.24, 2.45) is 0 Å². The van der Waals surface area contributed by atoms with Gasteiger partial charge in [-0.25, -0.2) is 9.97 Å². The Bertz CT molecular complexity index is 1150.